The summed E-state index contributed by atoms with van der Waals surface area (Å²) < 4.78 is 30.3. The molecule has 1 aromatic heterocycles. The number of thioether (sulfide) groups is 1. The molecule has 8 nitrogen and oxygen atoms in total. The number of carbonyl (C=O) groups excluding carboxylic acids is 1. The largest absolute Gasteiger partial charge is 0.493 e. The van der Waals surface area contributed by atoms with Crippen LogP contribution in [0, 0.1) is 5.92 Å². The van der Waals surface area contributed by atoms with E-state index in [0.29, 0.717) is 18.2 Å². The van der Waals surface area contributed by atoms with Crippen molar-refractivity contribution in [3.63, 3.8) is 0 Å². The lowest BCUT2D eigenvalue weighted by Gasteiger charge is -2.36. The first-order chi connectivity index (χ1) is 15.8. The number of ether oxygens (including phenoxy) is 1. The average molecular weight is 504 g/mol. The summed E-state index contributed by atoms with van der Waals surface area (Å²) in [5, 5.41) is 8.76. The summed E-state index contributed by atoms with van der Waals surface area (Å²) in [6, 6.07) is 13.6. The van der Waals surface area contributed by atoms with E-state index in [4.69, 9.17) is 9.88 Å². The fraction of sp³-hybridized carbons (Fsp3) is 0.273. The Kier molecular flexibility index (Phi) is 5.81. The summed E-state index contributed by atoms with van der Waals surface area (Å²) in [7, 11) is -3.79. The molecule has 2 atom stereocenters. The van der Waals surface area contributed by atoms with Gasteiger partial charge in [0.1, 0.15) is 5.75 Å². The standard InChI is InChI=1S/C22H21N3O5S3/c23-33(28,29)15-7-5-14(6-8-15)24-18(26)9-10-25-21-20(32-22(25)27)19-13(12-31-21)11-30-17-4-2-1-3-16(17)19/h1-8,13,19H,9-12H2,(H,24,26)(H2,23,28,29)/t13-,19-/m0/s1. The Morgan fingerprint density at radius 1 is 1.18 bits per heavy atom. The topological polar surface area (TPSA) is 120 Å². The Labute approximate surface area is 198 Å². The van der Waals surface area contributed by atoms with Gasteiger partial charge in [-0.25, -0.2) is 13.6 Å². The van der Waals surface area contributed by atoms with Gasteiger partial charge in [-0.3, -0.25) is 14.2 Å². The minimum Gasteiger partial charge on any atom is -0.493 e. The van der Waals surface area contributed by atoms with Gasteiger partial charge in [-0.05, 0) is 30.3 Å². The molecule has 0 saturated heterocycles. The molecule has 0 aliphatic carbocycles. The van der Waals surface area contributed by atoms with E-state index >= 15 is 0 Å². The highest BCUT2D eigenvalue weighted by Gasteiger charge is 2.39. The highest BCUT2D eigenvalue weighted by molar-refractivity contribution is 7.99. The third kappa shape index (κ3) is 4.33. The smallest absolute Gasteiger partial charge is 0.308 e. The second-order valence-corrected chi connectivity index (χ2v) is 11.5. The first-order valence-corrected chi connectivity index (χ1v) is 13.7. The molecule has 2 aliphatic rings. The van der Waals surface area contributed by atoms with E-state index < -0.39 is 10.0 Å². The van der Waals surface area contributed by atoms with E-state index in [2.05, 4.69) is 11.4 Å². The number of nitrogens with one attached hydrogen (secondary N) is 1. The summed E-state index contributed by atoms with van der Waals surface area (Å²) in [6.07, 6.45) is 0.119. The number of anilines is 1. The maximum absolute atomic E-state index is 12.8. The zero-order valence-corrected chi connectivity index (χ0v) is 19.8. The van der Waals surface area contributed by atoms with E-state index in [-0.39, 0.29) is 34.6 Å². The fourth-order valence-corrected chi connectivity index (χ4v) is 7.47. The first-order valence-electron chi connectivity index (χ1n) is 10.3. The van der Waals surface area contributed by atoms with Crippen molar-refractivity contribution in [1.82, 2.24) is 4.57 Å². The Morgan fingerprint density at radius 3 is 2.70 bits per heavy atom. The van der Waals surface area contributed by atoms with Crippen LogP contribution >= 0.6 is 23.1 Å². The van der Waals surface area contributed by atoms with Crippen LogP contribution in [0.15, 0.2) is 63.2 Å². The number of nitrogens with zero attached hydrogens (tertiary/aromatic N) is 1. The Bertz CT molecular complexity index is 1380. The van der Waals surface area contributed by atoms with Gasteiger partial charge in [-0.2, -0.15) is 0 Å². The number of para-hydroxylation sites is 1. The zero-order valence-electron chi connectivity index (χ0n) is 17.4. The van der Waals surface area contributed by atoms with E-state index in [1.165, 1.54) is 35.6 Å². The summed E-state index contributed by atoms with van der Waals surface area (Å²) in [5.41, 5.74) is 1.58. The number of primary sulfonamides is 1. The second-order valence-electron chi connectivity index (χ2n) is 7.95. The van der Waals surface area contributed by atoms with E-state index in [0.717, 1.165) is 27.0 Å². The van der Waals surface area contributed by atoms with Gasteiger partial charge in [0.05, 0.1) is 16.5 Å². The number of benzene rings is 2. The van der Waals surface area contributed by atoms with Crippen LogP contribution in [0.5, 0.6) is 5.75 Å². The molecule has 0 spiro atoms. The molecule has 5 rings (SSSR count). The van der Waals surface area contributed by atoms with E-state index in [1.54, 1.807) is 16.3 Å². The van der Waals surface area contributed by atoms with Crippen LogP contribution in [-0.4, -0.2) is 31.3 Å². The molecule has 0 unspecified atom stereocenters. The normalized spacial score (nSPS) is 19.1. The molecular weight excluding hydrogens is 482 g/mol. The van der Waals surface area contributed by atoms with Crippen molar-refractivity contribution >= 4 is 44.7 Å². The van der Waals surface area contributed by atoms with Crippen LogP contribution < -0.4 is 20.1 Å². The average Bonchev–Trinajstić information content (AvgIpc) is 3.12. The van der Waals surface area contributed by atoms with Crippen molar-refractivity contribution < 1.29 is 17.9 Å². The second kappa shape index (κ2) is 8.64. The Hall–Kier alpha value is -2.60. The van der Waals surface area contributed by atoms with Crippen LogP contribution in [0.3, 0.4) is 0 Å². The Morgan fingerprint density at radius 2 is 1.94 bits per heavy atom. The molecule has 0 radical (unpaired) electrons. The number of carbonyl (C=O) groups is 1. The molecule has 2 aliphatic heterocycles. The number of rotatable bonds is 5. The van der Waals surface area contributed by atoms with Gasteiger partial charge in [-0.1, -0.05) is 29.5 Å². The lowest BCUT2D eigenvalue weighted by atomic mass is 9.84. The van der Waals surface area contributed by atoms with Crippen molar-refractivity contribution in [1.29, 1.82) is 0 Å². The van der Waals surface area contributed by atoms with Gasteiger partial charge in [0.15, 0.2) is 0 Å². The number of aromatic nitrogens is 1. The number of sulfonamides is 1. The maximum atomic E-state index is 12.8. The number of thiazole rings is 1. The zero-order chi connectivity index (χ0) is 23.2. The SMILES string of the molecule is NS(=O)(=O)c1ccc(NC(=O)CCn2c3c(sc2=O)[C@@H]2c4ccccc4OC[C@H]2CS3)cc1. The maximum Gasteiger partial charge on any atom is 0.308 e. The van der Waals surface area contributed by atoms with Gasteiger partial charge in [0, 0.05) is 46.7 Å². The van der Waals surface area contributed by atoms with Crippen LogP contribution in [-0.2, 0) is 21.4 Å². The van der Waals surface area contributed by atoms with Crippen molar-refractivity contribution in [2.75, 3.05) is 17.7 Å². The fourth-order valence-electron chi connectivity index (χ4n) is 4.21. The molecule has 1 amide bonds. The minimum absolute atomic E-state index is 0.0260. The van der Waals surface area contributed by atoms with Gasteiger partial charge < -0.3 is 10.1 Å². The van der Waals surface area contributed by atoms with Gasteiger partial charge in [0.2, 0.25) is 15.9 Å². The minimum atomic E-state index is -3.79. The monoisotopic (exact) mass is 503 g/mol. The molecule has 2 aromatic carbocycles. The summed E-state index contributed by atoms with van der Waals surface area (Å²) in [6.45, 7) is 0.904. The molecule has 172 valence electrons. The predicted molar refractivity (Wildman–Crippen MR) is 128 cm³/mol. The summed E-state index contributed by atoms with van der Waals surface area (Å²) in [4.78, 5) is 26.3. The number of hydrogen-bond donors (Lipinski definition) is 2. The number of nitrogens with two attached hydrogens (primary N) is 1. The quantitative estimate of drug-likeness (QED) is 0.552. The lowest BCUT2D eigenvalue weighted by molar-refractivity contribution is -0.116. The van der Waals surface area contributed by atoms with E-state index in [9.17, 15) is 18.0 Å². The number of amides is 1. The van der Waals surface area contributed by atoms with Crippen LogP contribution in [0.2, 0.25) is 0 Å². The molecule has 3 N–H and O–H groups in total. The molecule has 3 aromatic rings. The van der Waals surface area contributed by atoms with Crippen molar-refractivity contribution in [3.8, 4) is 5.75 Å². The van der Waals surface area contributed by atoms with Crippen LogP contribution in [0.25, 0.3) is 0 Å². The van der Waals surface area contributed by atoms with Gasteiger partial charge in [0.25, 0.3) is 0 Å². The highest BCUT2D eigenvalue weighted by atomic mass is 32.2. The van der Waals surface area contributed by atoms with Gasteiger partial charge >= 0.3 is 4.87 Å². The lowest BCUT2D eigenvalue weighted by Crippen LogP contribution is -2.31. The molecule has 0 saturated carbocycles. The number of hydrogen-bond acceptors (Lipinski definition) is 7. The summed E-state index contributed by atoms with van der Waals surface area (Å²) >= 11 is 2.91. The van der Waals surface area contributed by atoms with Crippen molar-refractivity contribution in [2.24, 2.45) is 11.1 Å². The molecule has 33 heavy (non-hydrogen) atoms. The van der Waals surface area contributed by atoms with Crippen molar-refractivity contribution in [2.45, 2.75) is 28.8 Å². The molecule has 11 heteroatoms. The predicted octanol–water partition coefficient (Wildman–Crippen LogP) is 2.83. The number of fused-ring (bicyclic) bond motifs is 5. The van der Waals surface area contributed by atoms with E-state index in [1.807, 2.05) is 18.2 Å². The molecule has 3 heterocycles. The van der Waals surface area contributed by atoms with Gasteiger partial charge in [-0.15, -0.1) is 11.8 Å². The van der Waals surface area contributed by atoms with Crippen molar-refractivity contribution in [3.05, 3.63) is 68.6 Å². The van der Waals surface area contributed by atoms with Crippen LogP contribution in [0.1, 0.15) is 22.8 Å². The molecular formula is C22H21N3O5S3. The van der Waals surface area contributed by atoms with Crippen LogP contribution in [0.4, 0.5) is 5.69 Å². The summed E-state index contributed by atoms with van der Waals surface area (Å²) in [5.74, 6) is 1.91. The third-order valence-corrected chi connectivity index (χ3v) is 9.23. The molecule has 0 fully saturated rings. The molecule has 0 bridgehead atoms. The highest BCUT2D eigenvalue weighted by Crippen LogP contribution is 2.50. The Balaban J connectivity index is 1.32. The third-order valence-electron chi connectivity index (χ3n) is 5.80. The first kappa shape index (κ1) is 22.2.